The number of ether oxygens (including phenoxy) is 1. The predicted molar refractivity (Wildman–Crippen MR) is 70.6 cm³/mol. The summed E-state index contributed by atoms with van der Waals surface area (Å²) in [6.45, 7) is 2.25. The maximum Gasteiger partial charge on any atom is 0.269 e. The molecule has 0 heterocycles. The van der Waals surface area contributed by atoms with Gasteiger partial charge in [-0.2, -0.15) is 0 Å². The molecule has 0 aromatic heterocycles. The number of hydrogen-bond donors (Lipinski definition) is 2. The number of nitrogens with zero attached hydrogens (tertiary/aromatic N) is 2. The highest BCUT2D eigenvalue weighted by Gasteiger charge is 2.08. The van der Waals surface area contributed by atoms with E-state index in [0.29, 0.717) is 18.8 Å². The lowest BCUT2D eigenvalue weighted by Gasteiger charge is -2.08. The van der Waals surface area contributed by atoms with Crippen molar-refractivity contribution >= 4 is 11.5 Å². The smallest absolute Gasteiger partial charge is 0.269 e. The van der Waals surface area contributed by atoms with E-state index in [1.165, 1.54) is 12.1 Å². The Labute approximate surface area is 110 Å². The summed E-state index contributed by atoms with van der Waals surface area (Å²) < 4.78 is 5.52. The van der Waals surface area contributed by atoms with Crippen molar-refractivity contribution in [2.45, 2.75) is 26.2 Å². The van der Waals surface area contributed by atoms with Gasteiger partial charge >= 0.3 is 0 Å². The van der Waals surface area contributed by atoms with Crippen molar-refractivity contribution < 1.29 is 14.9 Å². The number of nitro groups is 1. The highest BCUT2D eigenvalue weighted by atomic mass is 16.6. The van der Waals surface area contributed by atoms with Crippen molar-refractivity contribution in [3.63, 3.8) is 0 Å². The first kappa shape index (κ1) is 14.7. The van der Waals surface area contributed by atoms with Crippen LogP contribution in [-0.2, 0) is 0 Å². The summed E-state index contributed by atoms with van der Waals surface area (Å²) in [5.41, 5.74) is 6.11. The fraction of sp³-hybridized carbons (Fsp3) is 0.417. The van der Waals surface area contributed by atoms with Crippen molar-refractivity contribution in [2.75, 3.05) is 6.61 Å². The molecule has 1 aromatic rings. The quantitative estimate of drug-likeness (QED) is 0.196. The van der Waals surface area contributed by atoms with E-state index in [4.69, 9.17) is 15.7 Å². The van der Waals surface area contributed by atoms with E-state index in [1.807, 2.05) is 0 Å². The number of aryl methyl sites for hydroxylation is 1. The molecule has 0 spiro atoms. The number of nitro benzene ring substituents is 1. The molecule has 19 heavy (non-hydrogen) atoms. The molecule has 0 aliphatic carbocycles. The van der Waals surface area contributed by atoms with Crippen LogP contribution in [0, 0.1) is 17.0 Å². The number of rotatable bonds is 7. The number of hydrogen-bond acceptors (Lipinski definition) is 5. The van der Waals surface area contributed by atoms with E-state index in [1.54, 1.807) is 13.0 Å². The standard InChI is InChI=1S/C12H17N3O4/c1-9-8-10(15(17)18)5-6-11(9)19-7-3-2-4-12(13)14-16/h5-6,8,16H,2-4,7H2,1H3,(H2,13,14). The molecule has 0 atom stereocenters. The molecular weight excluding hydrogens is 250 g/mol. The van der Waals surface area contributed by atoms with Gasteiger partial charge in [-0.15, -0.1) is 0 Å². The van der Waals surface area contributed by atoms with Gasteiger partial charge in [-0.05, 0) is 31.4 Å². The van der Waals surface area contributed by atoms with Crippen molar-refractivity contribution in [3.8, 4) is 5.75 Å². The Balaban J connectivity index is 2.40. The lowest BCUT2D eigenvalue weighted by molar-refractivity contribution is -0.384. The molecule has 3 N–H and O–H groups in total. The molecule has 0 radical (unpaired) electrons. The van der Waals surface area contributed by atoms with Gasteiger partial charge in [0.15, 0.2) is 0 Å². The molecule has 0 aliphatic heterocycles. The summed E-state index contributed by atoms with van der Waals surface area (Å²) in [6, 6.07) is 4.49. The van der Waals surface area contributed by atoms with Gasteiger partial charge in [0.25, 0.3) is 5.69 Å². The normalized spacial score (nSPS) is 11.3. The van der Waals surface area contributed by atoms with Gasteiger partial charge in [0.1, 0.15) is 11.6 Å². The van der Waals surface area contributed by atoms with Crippen molar-refractivity contribution in [3.05, 3.63) is 33.9 Å². The molecule has 0 amide bonds. The second-order valence-corrected chi connectivity index (χ2v) is 4.10. The van der Waals surface area contributed by atoms with Gasteiger partial charge in [0.2, 0.25) is 0 Å². The summed E-state index contributed by atoms with van der Waals surface area (Å²) in [5.74, 6) is 0.834. The Morgan fingerprint density at radius 3 is 2.84 bits per heavy atom. The number of amidine groups is 1. The first-order chi connectivity index (χ1) is 9.04. The van der Waals surface area contributed by atoms with Crippen LogP contribution >= 0.6 is 0 Å². The molecule has 7 heteroatoms. The van der Waals surface area contributed by atoms with Crippen LogP contribution < -0.4 is 10.5 Å². The fourth-order valence-electron chi connectivity index (χ4n) is 1.55. The van der Waals surface area contributed by atoms with Crippen LogP contribution in [0.25, 0.3) is 0 Å². The average molecular weight is 267 g/mol. The molecule has 0 bridgehead atoms. The van der Waals surface area contributed by atoms with Crippen LogP contribution in [0.3, 0.4) is 0 Å². The van der Waals surface area contributed by atoms with Crippen molar-refractivity contribution in [1.29, 1.82) is 0 Å². The average Bonchev–Trinajstić information content (AvgIpc) is 2.39. The largest absolute Gasteiger partial charge is 0.493 e. The Morgan fingerprint density at radius 2 is 2.26 bits per heavy atom. The van der Waals surface area contributed by atoms with Crippen molar-refractivity contribution in [1.82, 2.24) is 0 Å². The molecule has 1 aromatic carbocycles. The van der Waals surface area contributed by atoms with Crippen LogP contribution in [0.2, 0.25) is 0 Å². The second-order valence-electron chi connectivity index (χ2n) is 4.10. The van der Waals surface area contributed by atoms with E-state index in [2.05, 4.69) is 5.16 Å². The van der Waals surface area contributed by atoms with Gasteiger partial charge in [-0.1, -0.05) is 5.16 Å². The van der Waals surface area contributed by atoms with Gasteiger partial charge in [-0.25, -0.2) is 0 Å². The van der Waals surface area contributed by atoms with Crippen LogP contribution in [0.4, 0.5) is 5.69 Å². The third kappa shape index (κ3) is 4.82. The lowest BCUT2D eigenvalue weighted by atomic mass is 10.2. The number of oxime groups is 1. The zero-order valence-electron chi connectivity index (χ0n) is 10.7. The summed E-state index contributed by atoms with van der Waals surface area (Å²) in [4.78, 5) is 10.1. The molecule has 0 aliphatic rings. The Kier molecular flexibility index (Phi) is 5.59. The highest BCUT2D eigenvalue weighted by Crippen LogP contribution is 2.23. The molecule has 0 saturated heterocycles. The molecule has 0 saturated carbocycles. The summed E-state index contributed by atoms with van der Waals surface area (Å²) in [7, 11) is 0. The Hall–Kier alpha value is -2.31. The van der Waals surface area contributed by atoms with E-state index in [0.717, 1.165) is 18.4 Å². The summed E-state index contributed by atoms with van der Waals surface area (Å²) >= 11 is 0. The molecule has 0 unspecified atom stereocenters. The van der Waals surface area contributed by atoms with Crippen LogP contribution in [0.1, 0.15) is 24.8 Å². The first-order valence-corrected chi connectivity index (χ1v) is 5.89. The molecule has 104 valence electrons. The van der Waals surface area contributed by atoms with Crippen molar-refractivity contribution in [2.24, 2.45) is 10.9 Å². The van der Waals surface area contributed by atoms with Gasteiger partial charge in [0.05, 0.1) is 11.5 Å². The number of non-ortho nitro benzene ring substituents is 1. The van der Waals surface area contributed by atoms with Crippen LogP contribution in [0.5, 0.6) is 5.75 Å². The second kappa shape index (κ2) is 7.20. The van der Waals surface area contributed by atoms with Gasteiger partial charge < -0.3 is 15.7 Å². The minimum atomic E-state index is -0.437. The maximum atomic E-state index is 10.6. The fourth-order valence-corrected chi connectivity index (χ4v) is 1.55. The van der Waals surface area contributed by atoms with Crippen LogP contribution in [-0.4, -0.2) is 22.6 Å². The molecular formula is C12H17N3O4. The maximum absolute atomic E-state index is 10.6. The third-order valence-electron chi connectivity index (χ3n) is 2.58. The Morgan fingerprint density at radius 1 is 1.53 bits per heavy atom. The number of benzene rings is 1. The highest BCUT2D eigenvalue weighted by molar-refractivity contribution is 5.79. The number of nitrogens with two attached hydrogens (primary N) is 1. The zero-order valence-corrected chi connectivity index (χ0v) is 10.7. The minimum Gasteiger partial charge on any atom is -0.493 e. The van der Waals surface area contributed by atoms with E-state index >= 15 is 0 Å². The van der Waals surface area contributed by atoms with E-state index in [-0.39, 0.29) is 11.5 Å². The summed E-state index contributed by atoms with van der Waals surface area (Å²) in [5, 5.41) is 21.8. The third-order valence-corrected chi connectivity index (χ3v) is 2.58. The SMILES string of the molecule is Cc1cc([N+](=O)[O-])ccc1OCCCC/C(N)=N/O. The van der Waals surface area contributed by atoms with E-state index in [9.17, 15) is 10.1 Å². The minimum absolute atomic E-state index is 0.0526. The predicted octanol–water partition coefficient (Wildman–Crippen LogP) is 2.20. The monoisotopic (exact) mass is 267 g/mol. The molecule has 7 nitrogen and oxygen atoms in total. The topological polar surface area (TPSA) is 111 Å². The van der Waals surface area contributed by atoms with Gasteiger partial charge in [-0.3, -0.25) is 10.1 Å². The zero-order chi connectivity index (χ0) is 14.3. The Bertz CT molecular complexity index is 474. The molecule has 0 fully saturated rings. The first-order valence-electron chi connectivity index (χ1n) is 5.89. The van der Waals surface area contributed by atoms with E-state index < -0.39 is 4.92 Å². The summed E-state index contributed by atoms with van der Waals surface area (Å²) in [6.07, 6.45) is 2.02. The molecule has 1 rings (SSSR count). The van der Waals surface area contributed by atoms with Crippen LogP contribution in [0.15, 0.2) is 23.4 Å². The van der Waals surface area contributed by atoms with Gasteiger partial charge in [0, 0.05) is 18.6 Å². The lowest BCUT2D eigenvalue weighted by Crippen LogP contribution is -2.11. The number of unbranched alkanes of at least 4 members (excludes halogenated alkanes) is 1.